The molecule has 1 atom stereocenters. The Balaban J connectivity index is 2.97. The highest BCUT2D eigenvalue weighted by molar-refractivity contribution is 4.82. The predicted molar refractivity (Wildman–Crippen MR) is 67.2 cm³/mol. The summed E-state index contributed by atoms with van der Waals surface area (Å²) in [6.45, 7) is 3.65. The lowest BCUT2D eigenvalue weighted by Crippen LogP contribution is -2.26. The van der Waals surface area contributed by atoms with Gasteiger partial charge in [0, 0.05) is 6.54 Å². The van der Waals surface area contributed by atoms with Crippen molar-refractivity contribution in [2.45, 2.75) is 6.10 Å². The fourth-order valence-electron chi connectivity index (χ4n) is 0.976. The van der Waals surface area contributed by atoms with Crippen molar-refractivity contribution < 1.29 is 24.1 Å². The van der Waals surface area contributed by atoms with Gasteiger partial charge in [0.1, 0.15) is 6.61 Å². The summed E-state index contributed by atoms with van der Waals surface area (Å²) in [5, 5.41) is 9.08. The Kier molecular flexibility index (Phi) is 13.8. The molecule has 0 aliphatic rings. The number of aliphatic hydroxyl groups excluding tert-OH is 1. The Hall–Kier alpha value is -0.680. The molecular formula is C12H23NO5. The van der Waals surface area contributed by atoms with Crippen LogP contribution in [0.2, 0.25) is 0 Å². The fourth-order valence-corrected chi connectivity index (χ4v) is 0.976. The van der Waals surface area contributed by atoms with Crippen LogP contribution in [0, 0.1) is 12.3 Å². The van der Waals surface area contributed by atoms with Crippen molar-refractivity contribution in [1.82, 2.24) is 0 Å². The lowest BCUT2D eigenvalue weighted by molar-refractivity contribution is -0.0138. The SMILES string of the molecule is C#CCOCCOCCOCCOCC(O)CN. The molecule has 3 N–H and O–H groups in total. The van der Waals surface area contributed by atoms with Gasteiger partial charge in [-0.3, -0.25) is 0 Å². The normalized spacial score (nSPS) is 12.3. The van der Waals surface area contributed by atoms with E-state index in [1.165, 1.54) is 0 Å². The third-order valence-electron chi connectivity index (χ3n) is 1.88. The van der Waals surface area contributed by atoms with E-state index in [0.717, 1.165) is 0 Å². The van der Waals surface area contributed by atoms with Gasteiger partial charge in [-0.05, 0) is 0 Å². The van der Waals surface area contributed by atoms with Crippen molar-refractivity contribution in [2.75, 3.05) is 59.4 Å². The summed E-state index contributed by atoms with van der Waals surface area (Å²) < 4.78 is 20.6. The second-order valence-electron chi connectivity index (χ2n) is 3.45. The van der Waals surface area contributed by atoms with E-state index in [9.17, 15) is 0 Å². The minimum absolute atomic E-state index is 0.205. The van der Waals surface area contributed by atoms with Gasteiger partial charge in [0.25, 0.3) is 0 Å². The van der Waals surface area contributed by atoms with Crippen LogP contribution in [0.3, 0.4) is 0 Å². The zero-order valence-corrected chi connectivity index (χ0v) is 10.7. The number of ether oxygens (including phenoxy) is 4. The maximum Gasteiger partial charge on any atom is 0.107 e. The summed E-state index contributed by atoms with van der Waals surface area (Å²) in [6.07, 6.45) is 4.41. The molecule has 0 rings (SSSR count). The molecule has 0 aromatic heterocycles. The summed E-state index contributed by atoms with van der Waals surface area (Å²) in [6, 6.07) is 0. The van der Waals surface area contributed by atoms with Crippen molar-refractivity contribution in [3.63, 3.8) is 0 Å². The minimum Gasteiger partial charge on any atom is -0.389 e. The minimum atomic E-state index is -0.601. The molecule has 0 bridgehead atoms. The predicted octanol–water partition coefficient (Wildman–Crippen LogP) is -0.994. The van der Waals surface area contributed by atoms with Crippen LogP contribution in [0.5, 0.6) is 0 Å². The van der Waals surface area contributed by atoms with E-state index >= 15 is 0 Å². The number of hydrogen-bond acceptors (Lipinski definition) is 6. The van der Waals surface area contributed by atoms with E-state index in [-0.39, 0.29) is 13.2 Å². The summed E-state index contributed by atoms with van der Waals surface area (Å²) in [4.78, 5) is 0. The second-order valence-corrected chi connectivity index (χ2v) is 3.45. The van der Waals surface area contributed by atoms with E-state index in [1.54, 1.807) is 0 Å². The van der Waals surface area contributed by atoms with Crippen LogP contribution in [0.15, 0.2) is 0 Å². The quantitative estimate of drug-likeness (QED) is 0.327. The number of aliphatic hydroxyl groups is 1. The molecule has 18 heavy (non-hydrogen) atoms. The Morgan fingerprint density at radius 1 is 0.944 bits per heavy atom. The maximum absolute atomic E-state index is 9.08. The molecule has 0 aliphatic heterocycles. The smallest absolute Gasteiger partial charge is 0.107 e. The first kappa shape index (κ1) is 17.3. The lowest BCUT2D eigenvalue weighted by atomic mass is 10.4. The van der Waals surface area contributed by atoms with Crippen molar-refractivity contribution in [2.24, 2.45) is 5.73 Å². The average molecular weight is 261 g/mol. The molecule has 0 fully saturated rings. The van der Waals surface area contributed by atoms with Crippen LogP contribution >= 0.6 is 0 Å². The highest BCUT2D eigenvalue weighted by Gasteiger charge is 1.99. The molecule has 0 saturated heterocycles. The third-order valence-corrected chi connectivity index (χ3v) is 1.88. The molecular weight excluding hydrogens is 238 g/mol. The average Bonchev–Trinajstić information content (AvgIpc) is 2.39. The van der Waals surface area contributed by atoms with E-state index in [2.05, 4.69) is 5.92 Å². The van der Waals surface area contributed by atoms with E-state index in [0.29, 0.717) is 46.2 Å². The number of terminal acetylenes is 1. The van der Waals surface area contributed by atoms with Crippen molar-refractivity contribution >= 4 is 0 Å². The van der Waals surface area contributed by atoms with Gasteiger partial charge < -0.3 is 29.8 Å². The van der Waals surface area contributed by atoms with Gasteiger partial charge in [-0.2, -0.15) is 0 Å². The van der Waals surface area contributed by atoms with Crippen LogP contribution in [-0.2, 0) is 18.9 Å². The lowest BCUT2D eigenvalue weighted by Gasteiger charge is -2.09. The van der Waals surface area contributed by atoms with Gasteiger partial charge in [-0.15, -0.1) is 6.42 Å². The molecule has 0 aliphatic carbocycles. The van der Waals surface area contributed by atoms with Crippen LogP contribution in [0.4, 0.5) is 0 Å². The zero-order valence-electron chi connectivity index (χ0n) is 10.7. The standard InChI is InChI=1S/C12H23NO5/c1-2-3-15-4-5-16-6-7-17-8-9-18-11-12(14)10-13/h1,12,14H,3-11,13H2. The maximum atomic E-state index is 9.08. The summed E-state index contributed by atoms with van der Waals surface area (Å²) >= 11 is 0. The van der Waals surface area contributed by atoms with Crippen molar-refractivity contribution in [3.8, 4) is 12.3 Å². The molecule has 106 valence electrons. The van der Waals surface area contributed by atoms with Crippen LogP contribution in [0.1, 0.15) is 0 Å². The molecule has 6 nitrogen and oxygen atoms in total. The van der Waals surface area contributed by atoms with Gasteiger partial charge in [-0.25, -0.2) is 0 Å². The molecule has 6 heteroatoms. The van der Waals surface area contributed by atoms with Crippen molar-refractivity contribution in [3.05, 3.63) is 0 Å². The molecule has 0 heterocycles. The van der Waals surface area contributed by atoms with Gasteiger partial charge >= 0.3 is 0 Å². The first-order valence-corrected chi connectivity index (χ1v) is 5.93. The van der Waals surface area contributed by atoms with Gasteiger partial charge in [0.15, 0.2) is 0 Å². The third kappa shape index (κ3) is 13.4. The van der Waals surface area contributed by atoms with Crippen LogP contribution in [-0.4, -0.2) is 70.6 Å². The first-order valence-electron chi connectivity index (χ1n) is 5.93. The topological polar surface area (TPSA) is 83.2 Å². The van der Waals surface area contributed by atoms with Gasteiger partial charge in [-0.1, -0.05) is 5.92 Å². The number of hydrogen-bond donors (Lipinski definition) is 2. The molecule has 0 spiro atoms. The number of nitrogens with two attached hydrogens (primary N) is 1. The Bertz CT molecular complexity index is 207. The molecule has 0 amide bonds. The number of rotatable bonds is 13. The second kappa shape index (κ2) is 14.4. The fraction of sp³-hybridized carbons (Fsp3) is 0.833. The van der Waals surface area contributed by atoms with Crippen LogP contribution < -0.4 is 5.73 Å². The van der Waals surface area contributed by atoms with Crippen molar-refractivity contribution in [1.29, 1.82) is 0 Å². The van der Waals surface area contributed by atoms with E-state index in [1.807, 2.05) is 0 Å². The highest BCUT2D eigenvalue weighted by Crippen LogP contribution is 1.85. The zero-order chi connectivity index (χ0) is 13.5. The Morgan fingerprint density at radius 3 is 1.94 bits per heavy atom. The largest absolute Gasteiger partial charge is 0.389 e. The monoisotopic (exact) mass is 261 g/mol. The molecule has 1 unspecified atom stereocenters. The first-order chi connectivity index (χ1) is 8.81. The van der Waals surface area contributed by atoms with Crippen LogP contribution in [0.25, 0.3) is 0 Å². The summed E-state index contributed by atoms with van der Waals surface area (Å²) in [5.41, 5.74) is 5.21. The highest BCUT2D eigenvalue weighted by atomic mass is 16.6. The molecule has 0 saturated carbocycles. The molecule has 0 aromatic rings. The van der Waals surface area contributed by atoms with E-state index in [4.69, 9.17) is 36.2 Å². The van der Waals surface area contributed by atoms with E-state index < -0.39 is 6.10 Å². The molecule has 0 radical (unpaired) electrons. The molecule has 0 aromatic carbocycles. The Morgan fingerprint density at radius 2 is 1.44 bits per heavy atom. The van der Waals surface area contributed by atoms with Gasteiger partial charge in [0.05, 0.1) is 52.4 Å². The summed E-state index contributed by atoms with van der Waals surface area (Å²) in [5.74, 6) is 2.37. The summed E-state index contributed by atoms with van der Waals surface area (Å²) in [7, 11) is 0. The Labute approximate surface area is 108 Å². The van der Waals surface area contributed by atoms with Gasteiger partial charge in [0.2, 0.25) is 0 Å².